The molecule has 0 saturated carbocycles. The first-order valence-corrected chi connectivity index (χ1v) is 6.58. The molecule has 0 atom stereocenters. The summed E-state index contributed by atoms with van der Waals surface area (Å²) < 4.78 is 1.45. The highest BCUT2D eigenvalue weighted by Gasteiger charge is 2.10. The third kappa shape index (κ3) is 3.92. The van der Waals surface area contributed by atoms with Crippen LogP contribution in [-0.4, -0.2) is 26.8 Å². The van der Waals surface area contributed by atoms with E-state index in [9.17, 15) is 9.59 Å². The van der Waals surface area contributed by atoms with Gasteiger partial charge in [-0.25, -0.2) is 0 Å². The highest BCUT2D eigenvalue weighted by molar-refractivity contribution is 6.03. The molecule has 21 heavy (non-hydrogen) atoms. The van der Waals surface area contributed by atoms with E-state index in [0.717, 1.165) is 16.8 Å². The molecular weight excluding hydrogens is 270 g/mol. The van der Waals surface area contributed by atoms with Gasteiger partial charge in [-0.05, 0) is 37.1 Å². The zero-order valence-electron chi connectivity index (χ0n) is 12.0. The zero-order chi connectivity index (χ0) is 15.4. The van der Waals surface area contributed by atoms with Crippen LogP contribution < -0.4 is 5.32 Å². The average molecular weight is 287 g/mol. The van der Waals surface area contributed by atoms with Crippen molar-refractivity contribution >= 4 is 17.6 Å². The predicted octanol–water partition coefficient (Wildman–Crippen LogP) is 2.23. The van der Waals surface area contributed by atoms with E-state index in [1.54, 1.807) is 6.20 Å². The van der Waals surface area contributed by atoms with Crippen LogP contribution in [0.25, 0.3) is 0 Å². The molecule has 0 bridgehead atoms. The number of aliphatic carboxylic acids is 1. The normalized spacial score (nSPS) is 10.4. The minimum Gasteiger partial charge on any atom is -0.481 e. The Bertz CT molecular complexity index is 677. The van der Waals surface area contributed by atoms with Crippen molar-refractivity contribution in [3.8, 4) is 0 Å². The molecule has 0 saturated heterocycles. The van der Waals surface area contributed by atoms with Crippen molar-refractivity contribution in [2.75, 3.05) is 5.32 Å². The molecule has 6 heteroatoms. The number of amides is 1. The first-order chi connectivity index (χ1) is 9.95. The number of benzene rings is 1. The summed E-state index contributed by atoms with van der Waals surface area (Å²) in [4.78, 5) is 22.6. The second-order valence-corrected chi connectivity index (χ2v) is 4.89. The molecule has 1 aromatic carbocycles. The van der Waals surface area contributed by atoms with Crippen LogP contribution in [-0.2, 0) is 11.3 Å². The Morgan fingerprint density at radius 3 is 2.71 bits per heavy atom. The van der Waals surface area contributed by atoms with Crippen LogP contribution in [0, 0.1) is 13.8 Å². The summed E-state index contributed by atoms with van der Waals surface area (Å²) in [7, 11) is 0. The first-order valence-electron chi connectivity index (χ1n) is 6.58. The number of carboxylic acid groups (broad SMARTS) is 1. The van der Waals surface area contributed by atoms with Crippen LogP contribution >= 0.6 is 0 Å². The fourth-order valence-corrected chi connectivity index (χ4v) is 1.84. The lowest BCUT2D eigenvalue weighted by atomic mass is 10.1. The summed E-state index contributed by atoms with van der Waals surface area (Å²) in [5.41, 5.74) is 3.39. The first kappa shape index (κ1) is 14.8. The molecule has 1 aromatic heterocycles. The van der Waals surface area contributed by atoms with E-state index in [4.69, 9.17) is 5.11 Å². The lowest BCUT2D eigenvalue weighted by Gasteiger charge is -2.06. The third-order valence-electron chi connectivity index (χ3n) is 3.21. The molecule has 0 aliphatic carbocycles. The summed E-state index contributed by atoms with van der Waals surface area (Å²) in [5, 5.41) is 15.4. The van der Waals surface area contributed by atoms with Gasteiger partial charge in [0.05, 0.1) is 24.7 Å². The average Bonchev–Trinajstić information content (AvgIpc) is 2.89. The van der Waals surface area contributed by atoms with Crippen molar-refractivity contribution in [2.45, 2.75) is 26.8 Å². The van der Waals surface area contributed by atoms with Gasteiger partial charge in [-0.3, -0.25) is 14.3 Å². The Morgan fingerprint density at radius 2 is 2.05 bits per heavy atom. The molecule has 0 unspecified atom stereocenters. The number of carbonyl (C=O) groups is 2. The van der Waals surface area contributed by atoms with Crippen molar-refractivity contribution in [2.24, 2.45) is 0 Å². The lowest BCUT2D eigenvalue weighted by molar-refractivity contribution is -0.137. The van der Waals surface area contributed by atoms with E-state index in [2.05, 4.69) is 10.4 Å². The molecule has 2 rings (SSSR count). The zero-order valence-corrected chi connectivity index (χ0v) is 12.0. The molecule has 1 heterocycles. The van der Waals surface area contributed by atoms with Gasteiger partial charge in [-0.15, -0.1) is 0 Å². The minimum atomic E-state index is -0.897. The van der Waals surface area contributed by atoms with E-state index >= 15 is 0 Å². The van der Waals surface area contributed by atoms with E-state index in [0.29, 0.717) is 5.56 Å². The molecule has 1 amide bonds. The molecule has 0 aliphatic rings. The largest absolute Gasteiger partial charge is 0.481 e. The van der Waals surface area contributed by atoms with Gasteiger partial charge in [-0.1, -0.05) is 6.07 Å². The number of aromatic nitrogens is 2. The number of carboxylic acids is 1. The molecular formula is C15H17N3O3. The number of rotatable bonds is 5. The standard InChI is InChI=1S/C15H17N3O3/c1-10-3-4-13(7-11(10)2)17-15(21)12-8-16-18(9-12)6-5-14(19)20/h3-4,7-9H,5-6H2,1-2H3,(H,17,21)(H,19,20). The molecule has 2 aromatic rings. The number of hydrogen-bond donors (Lipinski definition) is 2. The highest BCUT2D eigenvalue weighted by atomic mass is 16.4. The summed E-state index contributed by atoms with van der Waals surface area (Å²) >= 11 is 0. The second-order valence-electron chi connectivity index (χ2n) is 4.89. The van der Waals surface area contributed by atoms with Gasteiger partial charge in [-0.2, -0.15) is 5.10 Å². The number of hydrogen-bond acceptors (Lipinski definition) is 3. The number of carbonyl (C=O) groups excluding carboxylic acids is 1. The summed E-state index contributed by atoms with van der Waals surface area (Å²) in [6.07, 6.45) is 2.94. The Labute approximate surface area is 122 Å². The maximum atomic E-state index is 12.1. The Kier molecular flexibility index (Phi) is 4.37. The summed E-state index contributed by atoms with van der Waals surface area (Å²) in [6, 6.07) is 5.69. The topological polar surface area (TPSA) is 84.2 Å². The Morgan fingerprint density at radius 1 is 1.29 bits per heavy atom. The summed E-state index contributed by atoms with van der Waals surface area (Å²) in [6.45, 7) is 4.23. The summed E-state index contributed by atoms with van der Waals surface area (Å²) in [5.74, 6) is -1.16. The number of anilines is 1. The van der Waals surface area contributed by atoms with Gasteiger partial charge in [0, 0.05) is 11.9 Å². The van der Waals surface area contributed by atoms with Crippen molar-refractivity contribution in [3.05, 3.63) is 47.3 Å². The van der Waals surface area contributed by atoms with Gasteiger partial charge >= 0.3 is 5.97 Å². The molecule has 0 aliphatic heterocycles. The Hall–Kier alpha value is -2.63. The van der Waals surface area contributed by atoms with Gasteiger partial charge in [0.25, 0.3) is 5.91 Å². The fraction of sp³-hybridized carbons (Fsp3) is 0.267. The van der Waals surface area contributed by atoms with Gasteiger partial charge in [0.15, 0.2) is 0 Å². The number of nitrogens with zero attached hydrogens (tertiary/aromatic N) is 2. The predicted molar refractivity (Wildman–Crippen MR) is 78.3 cm³/mol. The van der Waals surface area contributed by atoms with Crippen molar-refractivity contribution in [3.63, 3.8) is 0 Å². The smallest absolute Gasteiger partial charge is 0.305 e. The maximum absolute atomic E-state index is 12.1. The van der Waals surface area contributed by atoms with Gasteiger partial charge in [0.1, 0.15) is 0 Å². The van der Waals surface area contributed by atoms with Crippen LogP contribution in [0.2, 0.25) is 0 Å². The molecule has 0 radical (unpaired) electrons. The van der Waals surface area contributed by atoms with Gasteiger partial charge < -0.3 is 10.4 Å². The van der Waals surface area contributed by atoms with Crippen LogP contribution in [0.15, 0.2) is 30.6 Å². The third-order valence-corrected chi connectivity index (χ3v) is 3.21. The Balaban J connectivity index is 2.03. The number of nitrogens with one attached hydrogen (secondary N) is 1. The molecule has 0 spiro atoms. The van der Waals surface area contributed by atoms with Crippen LogP contribution in [0.3, 0.4) is 0 Å². The van der Waals surface area contributed by atoms with E-state index in [1.807, 2.05) is 32.0 Å². The van der Waals surface area contributed by atoms with E-state index in [-0.39, 0.29) is 18.9 Å². The lowest BCUT2D eigenvalue weighted by Crippen LogP contribution is -2.11. The van der Waals surface area contributed by atoms with Crippen molar-refractivity contribution in [1.29, 1.82) is 0 Å². The minimum absolute atomic E-state index is 0.0279. The quantitative estimate of drug-likeness (QED) is 0.883. The number of aryl methyl sites for hydroxylation is 3. The van der Waals surface area contributed by atoms with Gasteiger partial charge in [0.2, 0.25) is 0 Å². The van der Waals surface area contributed by atoms with E-state index in [1.165, 1.54) is 10.9 Å². The molecule has 2 N–H and O–H groups in total. The monoisotopic (exact) mass is 287 g/mol. The molecule has 110 valence electrons. The maximum Gasteiger partial charge on any atom is 0.305 e. The second kappa shape index (κ2) is 6.21. The molecule has 6 nitrogen and oxygen atoms in total. The van der Waals surface area contributed by atoms with Crippen LogP contribution in [0.5, 0.6) is 0 Å². The van der Waals surface area contributed by atoms with E-state index < -0.39 is 5.97 Å². The van der Waals surface area contributed by atoms with Crippen LogP contribution in [0.1, 0.15) is 27.9 Å². The SMILES string of the molecule is Cc1ccc(NC(=O)c2cnn(CCC(=O)O)c2)cc1C. The highest BCUT2D eigenvalue weighted by Crippen LogP contribution is 2.15. The molecule has 0 fully saturated rings. The fourth-order valence-electron chi connectivity index (χ4n) is 1.84. The van der Waals surface area contributed by atoms with Crippen molar-refractivity contribution < 1.29 is 14.7 Å². The van der Waals surface area contributed by atoms with Crippen molar-refractivity contribution in [1.82, 2.24) is 9.78 Å². The van der Waals surface area contributed by atoms with Crippen LogP contribution in [0.4, 0.5) is 5.69 Å².